The average Bonchev–Trinajstić information content (AvgIpc) is 1.94. The van der Waals surface area contributed by atoms with Crippen molar-refractivity contribution in [3.8, 4) is 0 Å². The SMILES string of the molecule is CC(C)O.CC(C)O.CC(C)O.CC(C)O.CC(C)O.[Nb]. The molecule has 5 N–H and O–H groups in total. The van der Waals surface area contributed by atoms with Gasteiger partial charge in [-0.25, -0.2) is 0 Å². The summed E-state index contributed by atoms with van der Waals surface area (Å²) in [5.74, 6) is 0. The zero-order chi connectivity index (χ0) is 17.9. The third-order valence-electron chi connectivity index (χ3n) is 0. The molecule has 0 aliphatic heterocycles. The van der Waals surface area contributed by atoms with Gasteiger partial charge in [0.15, 0.2) is 0 Å². The van der Waals surface area contributed by atoms with Gasteiger partial charge >= 0.3 is 0 Å². The van der Waals surface area contributed by atoms with E-state index in [-0.39, 0.29) is 52.9 Å². The van der Waals surface area contributed by atoms with E-state index in [1.165, 1.54) is 0 Å². The number of aliphatic hydroxyl groups excluding tert-OH is 5. The van der Waals surface area contributed by atoms with Crippen molar-refractivity contribution in [2.24, 2.45) is 0 Å². The minimum Gasteiger partial charge on any atom is -0.394 e. The van der Waals surface area contributed by atoms with E-state index in [9.17, 15) is 0 Å². The number of aliphatic hydroxyl groups is 5. The van der Waals surface area contributed by atoms with Crippen LogP contribution in [0, 0.1) is 0 Å². The van der Waals surface area contributed by atoms with E-state index in [0.717, 1.165) is 0 Å². The Balaban J connectivity index is -0.0000000331. The summed E-state index contributed by atoms with van der Waals surface area (Å²) >= 11 is 0. The Kier molecular flexibility index (Phi) is 58.2. The van der Waals surface area contributed by atoms with Crippen molar-refractivity contribution in [2.45, 2.75) is 99.8 Å². The molecule has 0 aromatic heterocycles. The Bertz CT molecular complexity index is 80.6. The van der Waals surface area contributed by atoms with Crippen LogP contribution in [0.25, 0.3) is 0 Å². The number of hydrogen-bond donors (Lipinski definition) is 5. The largest absolute Gasteiger partial charge is 0.394 e. The molecule has 0 aliphatic carbocycles. The first-order chi connectivity index (χ1) is 8.66. The minimum atomic E-state index is -0.167. The first-order valence-electron chi connectivity index (χ1n) is 7.06. The molecule has 0 aromatic carbocycles. The monoisotopic (exact) mass is 393 g/mol. The van der Waals surface area contributed by atoms with Gasteiger partial charge in [-0.2, -0.15) is 0 Å². The molecule has 1 radical (unpaired) electrons. The molecular weight excluding hydrogens is 353 g/mol. The summed E-state index contributed by atoms with van der Waals surface area (Å²) in [6.45, 7) is 17.2. The van der Waals surface area contributed by atoms with Gasteiger partial charge in [0.1, 0.15) is 0 Å². The molecule has 0 aromatic rings. The molecule has 0 amide bonds. The third kappa shape index (κ3) is 24200. The summed E-state index contributed by atoms with van der Waals surface area (Å²) in [5, 5.41) is 40.3. The molecule has 21 heavy (non-hydrogen) atoms. The Morgan fingerprint density at radius 3 is 0.333 bits per heavy atom. The topological polar surface area (TPSA) is 101 Å². The van der Waals surface area contributed by atoms with Crippen LogP contribution < -0.4 is 0 Å². The maximum absolute atomic E-state index is 8.06. The molecule has 0 spiro atoms. The fraction of sp³-hybridized carbons (Fsp3) is 1.00. The Morgan fingerprint density at radius 2 is 0.333 bits per heavy atom. The molecule has 0 rings (SSSR count). The van der Waals surface area contributed by atoms with Crippen LogP contribution in [-0.2, 0) is 22.4 Å². The molecule has 5 nitrogen and oxygen atoms in total. The Labute approximate surface area is 147 Å². The van der Waals surface area contributed by atoms with Gasteiger partial charge in [-0.15, -0.1) is 0 Å². The maximum Gasteiger partial charge on any atom is 0.0483 e. The normalized spacial score (nSPS) is 8.57. The summed E-state index contributed by atoms with van der Waals surface area (Å²) in [4.78, 5) is 0. The summed E-state index contributed by atoms with van der Waals surface area (Å²) < 4.78 is 0. The first-order valence-corrected chi connectivity index (χ1v) is 7.06. The van der Waals surface area contributed by atoms with Crippen LogP contribution in [0.2, 0.25) is 0 Å². The van der Waals surface area contributed by atoms with E-state index < -0.39 is 0 Å². The van der Waals surface area contributed by atoms with Gasteiger partial charge in [0.2, 0.25) is 0 Å². The molecule has 0 heterocycles. The smallest absolute Gasteiger partial charge is 0.0483 e. The van der Waals surface area contributed by atoms with Crippen molar-refractivity contribution in [2.75, 3.05) is 0 Å². The molecule has 0 saturated heterocycles. The molecule has 0 fully saturated rings. The van der Waals surface area contributed by atoms with E-state index in [0.29, 0.717) is 0 Å². The van der Waals surface area contributed by atoms with Crippen LogP contribution in [0.4, 0.5) is 0 Å². The molecule has 6 heteroatoms. The summed E-state index contributed by atoms with van der Waals surface area (Å²) in [6.07, 6.45) is -0.833. The van der Waals surface area contributed by atoms with E-state index in [2.05, 4.69) is 0 Å². The summed E-state index contributed by atoms with van der Waals surface area (Å²) in [5.41, 5.74) is 0. The molecule has 0 saturated carbocycles. The molecule has 0 atom stereocenters. The molecule has 0 bridgehead atoms. The van der Waals surface area contributed by atoms with Crippen molar-refractivity contribution in [1.29, 1.82) is 0 Å². The van der Waals surface area contributed by atoms with Crippen molar-refractivity contribution >= 4 is 0 Å². The van der Waals surface area contributed by atoms with Crippen molar-refractivity contribution < 1.29 is 47.9 Å². The molecule has 135 valence electrons. The van der Waals surface area contributed by atoms with Gasteiger partial charge in [-0.05, 0) is 69.2 Å². The van der Waals surface area contributed by atoms with Gasteiger partial charge in [0.05, 0.1) is 0 Å². The van der Waals surface area contributed by atoms with Crippen LogP contribution in [0.5, 0.6) is 0 Å². The van der Waals surface area contributed by atoms with Gasteiger partial charge in [0.25, 0.3) is 0 Å². The van der Waals surface area contributed by atoms with Crippen LogP contribution >= 0.6 is 0 Å². The van der Waals surface area contributed by atoms with Crippen LogP contribution in [0.15, 0.2) is 0 Å². The van der Waals surface area contributed by atoms with Gasteiger partial charge < -0.3 is 25.5 Å². The zero-order valence-electron chi connectivity index (χ0n) is 15.6. The summed E-state index contributed by atoms with van der Waals surface area (Å²) in [6, 6.07) is 0. The van der Waals surface area contributed by atoms with E-state index in [1.807, 2.05) is 0 Å². The predicted octanol–water partition coefficient (Wildman–Crippen LogP) is 1.93. The van der Waals surface area contributed by atoms with Gasteiger partial charge in [0, 0.05) is 52.9 Å². The average molecular weight is 393 g/mol. The van der Waals surface area contributed by atoms with Gasteiger partial charge in [-0.1, -0.05) is 0 Å². The van der Waals surface area contributed by atoms with Gasteiger partial charge in [-0.3, -0.25) is 0 Å². The molecule has 0 aliphatic rings. The molecular formula is C15H40NbO5. The second-order valence-corrected chi connectivity index (χ2v) is 5.47. The Morgan fingerprint density at radius 1 is 0.333 bits per heavy atom. The zero-order valence-corrected chi connectivity index (χ0v) is 17.8. The minimum absolute atomic E-state index is 0. The third-order valence-corrected chi connectivity index (χ3v) is 0. The van der Waals surface area contributed by atoms with Crippen LogP contribution in [-0.4, -0.2) is 56.1 Å². The number of rotatable bonds is 0. The van der Waals surface area contributed by atoms with Crippen molar-refractivity contribution in [3.63, 3.8) is 0 Å². The Hall–Kier alpha value is 0.540. The van der Waals surface area contributed by atoms with E-state index >= 15 is 0 Å². The fourth-order valence-corrected chi connectivity index (χ4v) is 0. The van der Waals surface area contributed by atoms with Crippen molar-refractivity contribution in [3.05, 3.63) is 0 Å². The van der Waals surface area contributed by atoms with Crippen molar-refractivity contribution in [1.82, 2.24) is 0 Å². The second-order valence-electron chi connectivity index (χ2n) is 5.47. The quantitative estimate of drug-likeness (QED) is 0.405. The van der Waals surface area contributed by atoms with E-state index in [4.69, 9.17) is 25.5 Å². The second kappa shape index (κ2) is 32.5. The summed E-state index contributed by atoms with van der Waals surface area (Å²) in [7, 11) is 0. The standard InChI is InChI=1S/5C3H8O.Nb/c5*1-3(2)4;/h5*3-4H,1-2H3;. The van der Waals surface area contributed by atoms with E-state index in [1.54, 1.807) is 69.2 Å². The molecule has 0 unspecified atom stereocenters. The first kappa shape index (κ1) is 37.6. The maximum atomic E-state index is 8.06. The number of hydrogen-bond acceptors (Lipinski definition) is 5. The van der Waals surface area contributed by atoms with Crippen LogP contribution in [0.3, 0.4) is 0 Å². The van der Waals surface area contributed by atoms with Crippen LogP contribution in [0.1, 0.15) is 69.2 Å². The predicted molar refractivity (Wildman–Crippen MR) is 86.8 cm³/mol. The fourth-order valence-electron chi connectivity index (χ4n) is 0.